The average molecular weight is 283 g/mol. The minimum absolute atomic E-state index is 0.296. The van der Waals surface area contributed by atoms with Crippen LogP contribution in [0.3, 0.4) is 0 Å². The number of fused-ring (bicyclic) bond motifs is 1. The first-order valence-corrected chi connectivity index (χ1v) is 7.57. The molecule has 1 heterocycles. The molecule has 3 rings (SSSR count). The van der Waals surface area contributed by atoms with Crippen LogP contribution in [-0.2, 0) is 6.42 Å². The van der Waals surface area contributed by atoms with Gasteiger partial charge < -0.3 is 10.8 Å². The van der Waals surface area contributed by atoms with E-state index in [0.717, 1.165) is 16.5 Å². The molecule has 2 aromatic carbocycles. The highest BCUT2D eigenvalue weighted by molar-refractivity contribution is 7.17. The van der Waals surface area contributed by atoms with Gasteiger partial charge >= 0.3 is 0 Å². The Morgan fingerprint density at radius 1 is 1.00 bits per heavy atom. The maximum absolute atomic E-state index is 10.5. The molecule has 0 saturated carbocycles. The maximum Gasteiger partial charge on any atom is 0.0958 e. The van der Waals surface area contributed by atoms with E-state index < -0.39 is 6.10 Å². The van der Waals surface area contributed by atoms with E-state index in [1.165, 1.54) is 4.70 Å². The summed E-state index contributed by atoms with van der Waals surface area (Å²) >= 11 is 1.65. The molecule has 0 aliphatic carbocycles. The molecule has 0 bridgehead atoms. The predicted octanol–water partition coefficient (Wildman–Crippen LogP) is 3.50. The summed E-state index contributed by atoms with van der Waals surface area (Å²) in [6.45, 7) is 0. The van der Waals surface area contributed by atoms with Crippen molar-refractivity contribution in [3.63, 3.8) is 0 Å². The van der Waals surface area contributed by atoms with Crippen LogP contribution in [0.5, 0.6) is 0 Å². The second-order valence-electron chi connectivity index (χ2n) is 4.99. The van der Waals surface area contributed by atoms with Crippen LogP contribution in [0.15, 0.2) is 60.0 Å². The number of rotatable bonds is 4. The number of hydrogen-bond donors (Lipinski definition) is 2. The molecule has 0 aliphatic heterocycles. The third-order valence-electron chi connectivity index (χ3n) is 3.55. The minimum Gasteiger partial charge on any atom is -0.387 e. The van der Waals surface area contributed by atoms with Crippen molar-refractivity contribution in [3.8, 4) is 0 Å². The van der Waals surface area contributed by atoms with Crippen molar-refractivity contribution in [3.05, 3.63) is 71.1 Å². The molecule has 3 heteroatoms. The highest BCUT2D eigenvalue weighted by atomic mass is 32.1. The van der Waals surface area contributed by atoms with E-state index in [-0.39, 0.29) is 6.04 Å². The molecule has 2 unspecified atom stereocenters. The Labute approximate surface area is 122 Å². The second kappa shape index (κ2) is 5.75. The molecule has 0 spiro atoms. The zero-order valence-corrected chi connectivity index (χ0v) is 11.9. The highest BCUT2D eigenvalue weighted by Gasteiger charge is 2.20. The molecular weight excluding hydrogens is 266 g/mol. The molecule has 0 radical (unpaired) electrons. The van der Waals surface area contributed by atoms with Crippen molar-refractivity contribution in [1.82, 2.24) is 0 Å². The number of thiophene rings is 1. The third kappa shape index (κ3) is 2.61. The maximum atomic E-state index is 10.5. The van der Waals surface area contributed by atoms with Gasteiger partial charge in [-0.25, -0.2) is 0 Å². The zero-order valence-electron chi connectivity index (χ0n) is 11.1. The van der Waals surface area contributed by atoms with Gasteiger partial charge in [0.2, 0.25) is 0 Å². The van der Waals surface area contributed by atoms with E-state index in [0.29, 0.717) is 6.42 Å². The zero-order chi connectivity index (χ0) is 13.9. The fraction of sp³-hybridized carbons (Fsp3) is 0.176. The van der Waals surface area contributed by atoms with Gasteiger partial charge in [0.25, 0.3) is 0 Å². The molecule has 3 aromatic rings. The van der Waals surface area contributed by atoms with E-state index in [4.69, 9.17) is 5.73 Å². The highest BCUT2D eigenvalue weighted by Crippen LogP contribution is 2.31. The molecule has 1 aromatic heterocycles. The largest absolute Gasteiger partial charge is 0.387 e. The lowest BCUT2D eigenvalue weighted by Gasteiger charge is -2.18. The molecule has 0 aliphatic rings. The van der Waals surface area contributed by atoms with Gasteiger partial charge in [-0.1, -0.05) is 48.5 Å². The molecule has 0 amide bonds. The normalized spacial score (nSPS) is 14.3. The van der Waals surface area contributed by atoms with Crippen molar-refractivity contribution < 1.29 is 5.11 Å². The van der Waals surface area contributed by atoms with Crippen LogP contribution < -0.4 is 5.73 Å². The van der Waals surface area contributed by atoms with Crippen LogP contribution in [0.25, 0.3) is 10.1 Å². The van der Waals surface area contributed by atoms with Crippen molar-refractivity contribution in [2.24, 2.45) is 5.73 Å². The number of aliphatic hydroxyl groups excluding tert-OH is 1. The monoisotopic (exact) mass is 283 g/mol. The summed E-state index contributed by atoms with van der Waals surface area (Å²) in [4.78, 5) is 0. The van der Waals surface area contributed by atoms with Gasteiger partial charge in [-0.2, -0.15) is 0 Å². The number of nitrogens with two attached hydrogens (primary N) is 1. The van der Waals surface area contributed by atoms with Crippen LogP contribution in [0, 0.1) is 0 Å². The van der Waals surface area contributed by atoms with E-state index in [1.807, 2.05) is 53.9 Å². The fourth-order valence-corrected chi connectivity index (χ4v) is 3.45. The first-order valence-electron chi connectivity index (χ1n) is 6.69. The van der Waals surface area contributed by atoms with Crippen molar-refractivity contribution in [1.29, 1.82) is 0 Å². The lowest BCUT2D eigenvalue weighted by atomic mass is 9.96. The van der Waals surface area contributed by atoms with Gasteiger partial charge in [0.1, 0.15) is 0 Å². The van der Waals surface area contributed by atoms with E-state index in [1.54, 1.807) is 11.3 Å². The van der Waals surface area contributed by atoms with Gasteiger partial charge in [0.05, 0.1) is 6.10 Å². The molecular formula is C17H17NOS. The number of hydrogen-bond acceptors (Lipinski definition) is 3. The SMILES string of the molecule is NC(Cc1ccccc1)C(O)c1csc2ccccc12. The van der Waals surface area contributed by atoms with Crippen LogP contribution in [-0.4, -0.2) is 11.1 Å². The van der Waals surface area contributed by atoms with Crippen LogP contribution in [0.1, 0.15) is 17.2 Å². The van der Waals surface area contributed by atoms with Crippen molar-refractivity contribution >= 4 is 21.4 Å². The summed E-state index contributed by atoms with van der Waals surface area (Å²) in [6.07, 6.45) is 0.0398. The Hall–Kier alpha value is -1.68. The molecule has 0 fully saturated rings. The van der Waals surface area contributed by atoms with Gasteiger partial charge in [-0.05, 0) is 28.8 Å². The van der Waals surface area contributed by atoms with Gasteiger partial charge in [0, 0.05) is 16.3 Å². The summed E-state index contributed by atoms with van der Waals surface area (Å²) < 4.78 is 1.19. The predicted molar refractivity (Wildman–Crippen MR) is 84.9 cm³/mol. The van der Waals surface area contributed by atoms with Crippen molar-refractivity contribution in [2.75, 3.05) is 0 Å². The standard InChI is InChI=1S/C17H17NOS/c18-15(10-12-6-2-1-3-7-12)17(19)14-11-20-16-9-5-4-8-13(14)16/h1-9,11,15,17,19H,10,18H2. The smallest absolute Gasteiger partial charge is 0.0958 e. The molecule has 0 saturated heterocycles. The Bertz CT molecular complexity index is 692. The van der Waals surface area contributed by atoms with E-state index in [2.05, 4.69) is 6.07 Å². The Morgan fingerprint density at radius 3 is 2.50 bits per heavy atom. The van der Waals surface area contributed by atoms with Crippen LogP contribution >= 0.6 is 11.3 Å². The molecule has 2 nitrogen and oxygen atoms in total. The quantitative estimate of drug-likeness (QED) is 0.769. The van der Waals surface area contributed by atoms with E-state index in [9.17, 15) is 5.11 Å². The van der Waals surface area contributed by atoms with Crippen molar-refractivity contribution in [2.45, 2.75) is 18.6 Å². The Kier molecular flexibility index (Phi) is 3.83. The summed E-state index contributed by atoms with van der Waals surface area (Å²) in [7, 11) is 0. The van der Waals surface area contributed by atoms with Crippen LogP contribution in [0.4, 0.5) is 0 Å². The van der Waals surface area contributed by atoms with Gasteiger partial charge in [0.15, 0.2) is 0 Å². The van der Waals surface area contributed by atoms with Gasteiger partial charge in [-0.15, -0.1) is 11.3 Å². The Balaban J connectivity index is 1.83. The topological polar surface area (TPSA) is 46.2 Å². The first kappa shape index (κ1) is 13.3. The minimum atomic E-state index is -0.633. The number of aliphatic hydroxyl groups is 1. The molecule has 3 N–H and O–H groups in total. The lowest BCUT2D eigenvalue weighted by molar-refractivity contribution is 0.148. The summed E-state index contributed by atoms with van der Waals surface area (Å²) in [5, 5.41) is 13.6. The first-order chi connectivity index (χ1) is 9.75. The number of benzene rings is 2. The second-order valence-corrected chi connectivity index (χ2v) is 5.90. The van der Waals surface area contributed by atoms with E-state index >= 15 is 0 Å². The average Bonchev–Trinajstić information content (AvgIpc) is 2.91. The summed E-state index contributed by atoms with van der Waals surface area (Å²) in [6, 6.07) is 17.9. The molecule has 102 valence electrons. The fourth-order valence-electron chi connectivity index (χ4n) is 2.46. The molecule has 2 atom stereocenters. The molecule has 20 heavy (non-hydrogen) atoms. The lowest BCUT2D eigenvalue weighted by Crippen LogP contribution is -2.30. The Morgan fingerprint density at radius 2 is 1.70 bits per heavy atom. The summed E-state index contributed by atoms with van der Waals surface area (Å²) in [5.74, 6) is 0. The summed E-state index contributed by atoms with van der Waals surface area (Å²) in [5.41, 5.74) is 8.28. The van der Waals surface area contributed by atoms with Crippen LogP contribution in [0.2, 0.25) is 0 Å². The van der Waals surface area contributed by atoms with Gasteiger partial charge in [-0.3, -0.25) is 0 Å². The third-order valence-corrected chi connectivity index (χ3v) is 4.53.